The maximum absolute atomic E-state index is 5.74. The van der Waals surface area contributed by atoms with Gasteiger partial charge in [-0.2, -0.15) is 4.80 Å². The van der Waals surface area contributed by atoms with E-state index in [4.69, 9.17) is 11.6 Å². The second-order valence-corrected chi connectivity index (χ2v) is 3.96. The summed E-state index contributed by atoms with van der Waals surface area (Å²) in [4.78, 5) is 3.81. The SMILES string of the molecule is Cn1nnc(CN(CCCl)C2CC2)n1. The molecule has 14 heavy (non-hydrogen) atoms. The molecule has 0 aromatic carbocycles. The van der Waals surface area contributed by atoms with Gasteiger partial charge in [0.15, 0.2) is 5.82 Å². The summed E-state index contributed by atoms with van der Waals surface area (Å²) >= 11 is 5.74. The fourth-order valence-corrected chi connectivity index (χ4v) is 1.72. The predicted molar refractivity (Wildman–Crippen MR) is 53.0 cm³/mol. The molecule has 0 amide bonds. The van der Waals surface area contributed by atoms with Crippen LogP contribution in [0.25, 0.3) is 0 Å². The van der Waals surface area contributed by atoms with Crippen LogP contribution in [0, 0.1) is 0 Å². The topological polar surface area (TPSA) is 46.8 Å². The van der Waals surface area contributed by atoms with E-state index in [0.29, 0.717) is 11.9 Å². The van der Waals surface area contributed by atoms with Gasteiger partial charge in [0.1, 0.15) is 0 Å². The molecule has 1 aromatic heterocycles. The van der Waals surface area contributed by atoms with Crippen LogP contribution in [-0.4, -0.2) is 43.6 Å². The Morgan fingerprint density at radius 2 is 2.36 bits per heavy atom. The number of alkyl halides is 1. The number of hydrogen-bond acceptors (Lipinski definition) is 4. The summed E-state index contributed by atoms with van der Waals surface area (Å²) in [5.74, 6) is 1.45. The summed E-state index contributed by atoms with van der Waals surface area (Å²) in [6.07, 6.45) is 2.55. The Morgan fingerprint density at radius 1 is 1.57 bits per heavy atom. The second-order valence-electron chi connectivity index (χ2n) is 3.59. The first-order valence-corrected chi connectivity index (χ1v) is 5.36. The van der Waals surface area contributed by atoms with Gasteiger partial charge in [0.2, 0.25) is 0 Å². The standard InChI is InChI=1S/C8H14ClN5/c1-13-11-8(10-12-13)6-14(5-4-9)7-2-3-7/h7H,2-6H2,1H3. The average molecular weight is 216 g/mol. The molecule has 6 heteroatoms. The molecule has 0 radical (unpaired) electrons. The molecule has 78 valence electrons. The maximum Gasteiger partial charge on any atom is 0.188 e. The van der Waals surface area contributed by atoms with E-state index < -0.39 is 0 Å². The van der Waals surface area contributed by atoms with Gasteiger partial charge in [0.25, 0.3) is 0 Å². The third kappa shape index (κ3) is 2.42. The quantitative estimate of drug-likeness (QED) is 0.668. The molecule has 0 aliphatic heterocycles. The lowest BCUT2D eigenvalue weighted by atomic mass is 10.4. The monoisotopic (exact) mass is 215 g/mol. The fourth-order valence-electron chi connectivity index (χ4n) is 1.51. The van der Waals surface area contributed by atoms with E-state index in [1.54, 1.807) is 7.05 Å². The van der Waals surface area contributed by atoms with Gasteiger partial charge >= 0.3 is 0 Å². The van der Waals surface area contributed by atoms with Crippen molar-refractivity contribution in [2.75, 3.05) is 12.4 Å². The zero-order valence-corrected chi connectivity index (χ0v) is 8.98. The number of aromatic nitrogens is 4. The van der Waals surface area contributed by atoms with Crippen LogP contribution in [-0.2, 0) is 13.6 Å². The minimum atomic E-state index is 0.663. The van der Waals surface area contributed by atoms with E-state index in [-0.39, 0.29) is 0 Å². The van der Waals surface area contributed by atoms with Crippen molar-refractivity contribution in [1.29, 1.82) is 0 Å². The summed E-state index contributed by atoms with van der Waals surface area (Å²) < 4.78 is 0. The van der Waals surface area contributed by atoms with Crippen molar-refractivity contribution in [2.24, 2.45) is 7.05 Å². The van der Waals surface area contributed by atoms with Gasteiger partial charge in [-0.25, -0.2) is 0 Å². The largest absolute Gasteiger partial charge is 0.292 e. The lowest BCUT2D eigenvalue weighted by Crippen LogP contribution is -2.28. The molecule has 1 saturated carbocycles. The van der Waals surface area contributed by atoms with Crippen molar-refractivity contribution in [2.45, 2.75) is 25.4 Å². The highest BCUT2D eigenvalue weighted by Gasteiger charge is 2.29. The van der Waals surface area contributed by atoms with Crippen LogP contribution in [0.4, 0.5) is 0 Å². The van der Waals surface area contributed by atoms with Crippen molar-refractivity contribution in [3.63, 3.8) is 0 Å². The van der Waals surface area contributed by atoms with Crippen molar-refractivity contribution in [3.05, 3.63) is 5.82 Å². The second kappa shape index (κ2) is 4.23. The lowest BCUT2D eigenvalue weighted by Gasteiger charge is -2.17. The molecule has 0 N–H and O–H groups in total. The van der Waals surface area contributed by atoms with Gasteiger partial charge < -0.3 is 0 Å². The minimum absolute atomic E-state index is 0.663. The summed E-state index contributed by atoms with van der Waals surface area (Å²) in [6, 6.07) is 0.692. The molecule has 0 saturated heterocycles. The number of hydrogen-bond donors (Lipinski definition) is 0. The molecule has 0 atom stereocenters. The van der Waals surface area contributed by atoms with Gasteiger partial charge in [-0.15, -0.1) is 21.8 Å². The van der Waals surface area contributed by atoms with Crippen molar-refractivity contribution in [1.82, 2.24) is 25.1 Å². The van der Waals surface area contributed by atoms with Crippen LogP contribution in [0.3, 0.4) is 0 Å². The predicted octanol–water partition coefficient (Wildman–Crippen LogP) is 0.413. The molecule has 0 bridgehead atoms. The van der Waals surface area contributed by atoms with Gasteiger partial charge in [0.05, 0.1) is 13.6 Å². The zero-order chi connectivity index (χ0) is 9.97. The number of nitrogens with zero attached hydrogens (tertiary/aromatic N) is 5. The van der Waals surface area contributed by atoms with E-state index >= 15 is 0 Å². The highest BCUT2D eigenvalue weighted by Crippen LogP contribution is 2.27. The first-order valence-electron chi connectivity index (χ1n) is 4.82. The molecule has 1 aliphatic carbocycles. The molecule has 0 spiro atoms. The van der Waals surface area contributed by atoms with Crippen molar-refractivity contribution in [3.8, 4) is 0 Å². The van der Waals surface area contributed by atoms with E-state index in [2.05, 4.69) is 20.3 Å². The normalized spacial score (nSPS) is 16.5. The van der Waals surface area contributed by atoms with E-state index in [0.717, 1.165) is 18.9 Å². The van der Waals surface area contributed by atoms with E-state index in [1.165, 1.54) is 17.6 Å². The number of rotatable bonds is 5. The summed E-state index contributed by atoms with van der Waals surface area (Å²) in [5, 5.41) is 11.9. The molecule has 1 heterocycles. The van der Waals surface area contributed by atoms with E-state index in [1.807, 2.05) is 0 Å². The average Bonchev–Trinajstić information content (AvgIpc) is 2.91. The van der Waals surface area contributed by atoms with Crippen LogP contribution >= 0.6 is 11.6 Å². The Hall–Kier alpha value is -0.680. The Kier molecular flexibility index (Phi) is 2.98. The molecule has 1 fully saturated rings. The van der Waals surface area contributed by atoms with Crippen LogP contribution in [0.15, 0.2) is 0 Å². The summed E-state index contributed by atoms with van der Waals surface area (Å²) in [5.41, 5.74) is 0. The van der Waals surface area contributed by atoms with Gasteiger partial charge in [-0.1, -0.05) is 0 Å². The molecular weight excluding hydrogens is 202 g/mol. The van der Waals surface area contributed by atoms with Crippen molar-refractivity contribution < 1.29 is 0 Å². The van der Waals surface area contributed by atoms with Gasteiger partial charge in [0, 0.05) is 18.5 Å². The zero-order valence-electron chi connectivity index (χ0n) is 8.23. The Bertz CT molecular complexity index is 296. The highest BCUT2D eigenvalue weighted by atomic mass is 35.5. The van der Waals surface area contributed by atoms with Crippen LogP contribution in [0.5, 0.6) is 0 Å². The van der Waals surface area contributed by atoms with Crippen molar-refractivity contribution >= 4 is 11.6 Å². The Labute approximate surface area is 88.0 Å². The maximum atomic E-state index is 5.74. The lowest BCUT2D eigenvalue weighted by molar-refractivity contribution is 0.263. The van der Waals surface area contributed by atoms with Gasteiger partial charge in [-0.05, 0) is 18.1 Å². The number of aryl methyl sites for hydroxylation is 1. The Balaban J connectivity index is 1.92. The molecule has 1 aliphatic rings. The van der Waals surface area contributed by atoms with Gasteiger partial charge in [-0.3, -0.25) is 4.90 Å². The minimum Gasteiger partial charge on any atom is -0.292 e. The first-order chi connectivity index (χ1) is 6.79. The summed E-state index contributed by atoms with van der Waals surface area (Å²) in [6.45, 7) is 1.68. The number of tetrazole rings is 1. The third-order valence-electron chi connectivity index (χ3n) is 2.33. The van der Waals surface area contributed by atoms with E-state index in [9.17, 15) is 0 Å². The van der Waals surface area contributed by atoms with Crippen LogP contribution in [0.1, 0.15) is 18.7 Å². The molecule has 5 nitrogen and oxygen atoms in total. The Morgan fingerprint density at radius 3 is 2.86 bits per heavy atom. The molecule has 2 rings (SSSR count). The number of halogens is 1. The highest BCUT2D eigenvalue weighted by molar-refractivity contribution is 6.18. The fraction of sp³-hybridized carbons (Fsp3) is 0.875. The van der Waals surface area contributed by atoms with Crippen LogP contribution < -0.4 is 0 Å². The molecule has 1 aromatic rings. The summed E-state index contributed by atoms with van der Waals surface area (Å²) in [7, 11) is 1.78. The molecule has 0 unspecified atom stereocenters. The van der Waals surface area contributed by atoms with Crippen LogP contribution in [0.2, 0.25) is 0 Å². The smallest absolute Gasteiger partial charge is 0.188 e. The molecular formula is C8H14ClN5. The third-order valence-corrected chi connectivity index (χ3v) is 2.50. The first kappa shape index (κ1) is 9.86.